The molecule has 0 fully saturated rings. The van der Waals surface area contributed by atoms with Gasteiger partial charge in [0, 0.05) is 6.04 Å². The number of carbonyl (C=O) groups is 1. The van der Waals surface area contributed by atoms with Gasteiger partial charge in [-0.3, -0.25) is 4.79 Å². The molecule has 0 aromatic rings. The van der Waals surface area contributed by atoms with Gasteiger partial charge in [-0.05, 0) is 13.0 Å². The lowest BCUT2D eigenvalue weighted by molar-refractivity contribution is -0.141. The number of ether oxygens (including phenoxy) is 1. The van der Waals surface area contributed by atoms with Gasteiger partial charge in [-0.15, -0.1) is 0 Å². The van der Waals surface area contributed by atoms with Crippen LogP contribution < -0.4 is 5.32 Å². The normalized spacial score (nSPS) is 13.2. The summed E-state index contributed by atoms with van der Waals surface area (Å²) in [4.78, 5) is 10.8. The maximum atomic E-state index is 10.8. The zero-order chi connectivity index (χ0) is 8.85. The van der Waals surface area contributed by atoms with Gasteiger partial charge in [0.2, 0.25) is 0 Å². The van der Waals surface area contributed by atoms with Crippen LogP contribution in [0.25, 0.3) is 0 Å². The number of hydrogen-bond acceptors (Lipinski definition) is 3. The van der Waals surface area contributed by atoms with Crippen molar-refractivity contribution < 1.29 is 9.53 Å². The highest BCUT2D eigenvalue weighted by molar-refractivity contribution is 5.69. The van der Waals surface area contributed by atoms with Gasteiger partial charge in [-0.2, -0.15) is 0 Å². The van der Waals surface area contributed by atoms with E-state index in [1.807, 2.05) is 7.05 Å². The van der Waals surface area contributed by atoms with Gasteiger partial charge in [0.1, 0.15) is 0 Å². The van der Waals surface area contributed by atoms with E-state index in [0.29, 0.717) is 12.3 Å². The summed E-state index contributed by atoms with van der Waals surface area (Å²) in [5.41, 5.74) is 0. The van der Waals surface area contributed by atoms with Gasteiger partial charge in [-0.1, -0.05) is 13.8 Å². The molecule has 11 heavy (non-hydrogen) atoms. The van der Waals surface area contributed by atoms with Crippen LogP contribution in [0.2, 0.25) is 0 Å². The standard InChI is InChI=1S/C8H17NO2/c1-6(2)7(9-3)5-8(10)11-4/h6-7,9H,5H2,1-4H3. The Hall–Kier alpha value is -0.570. The molecule has 3 nitrogen and oxygen atoms in total. The zero-order valence-electron chi connectivity index (χ0n) is 7.68. The van der Waals surface area contributed by atoms with E-state index in [1.165, 1.54) is 7.11 Å². The molecule has 0 aromatic carbocycles. The molecule has 0 saturated heterocycles. The van der Waals surface area contributed by atoms with Crippen molar-refractivity contribution >= 4 is 5.97 Å². The van der Waals surface area contributed by atoms with Crippen LogP contribution in [0.3, 0.4) is 0 Å². The lowest BCUT2D eigenvalue weighted by Gasteiger charge is -2.18. The first kappa shape index (κ1) is 10.4. The minimum absolute atomic E-state index is 0.155. The largest absolute Gasteiger partial charge is 0.469 e. The molecule has 0 aliphatic heterocycles. The van der Waals surface area contributed by atoms with E-state index in [1.54, 1.807) is 0 Å². The van der Waals surface area contributed by atoms with Gasteiger partial charge in [-0.25, -0.2) is 0 Å². The van der Waals surface area contributed by atoms with Crippen molar-refractivity contribution in [3.8, 4) is 0 Å². The van der Waals surface area contributed by atoms with E-state index in [2.05, 4.69) is 23.9 Å². The molecule has 3 heteroatoms. The lowest BCUT2D eigenvalue weighted by Crippen LogP contribution is -2.33. The first-order chi connectivity index (χ1) is 5.11. The Morgan fingerprint density at radius 2 is 2.09 bits per heavy atom. The second-order valence-electron chi connectivity index (χ2n) is 2.92. The van der Waals surface area contributed by atoms with Crippen LogP contribution in [0.5, 0.6) is 0 Å². The fourth-order valence-electron chi connectivity index (χ4n) is 0.934. The number of methoxy groups -OCH3 is 1. The molecule has 0 radical (unpaired) electrons. The minimum atomic E-state index is -0.155. The van der Waals surface area contributed by atoms with E-state index in [4.69, 9.17) is 0 Å². The Kier molecular flexibility index (Phi) is 4.86. The summed E-state index contributed by atoms with van der Waals surface area (Å²) >= 11 is 0. The fraction of sp³-hybridized carbons (Fsp3) is 0.875. The molecule has 0 rings (SSSR count). The first-order valence-corrected chi connectivity index (χ1v) is 3.86. The van der Waals surface area contributed by atoms with E-state index in [9.17, 15) is 4.79 Å². The molecule has 0 aromatic heterocycles. The van der Waals surface area contributed by atoms with Crippen LogP contribution in [0.4, 0.5) is 0 Å². The predicted molar refractivity (Wildman–Crippen MR) is 44.3 cm³/mol. The molecule has 1 atom stereocenters. The number of esters is 1. The summed E-state index contributed by atoms with van der Waals surface area (Å²) in [5, 5.41) is 3.07. The SMILES string of the molecule is CNC(CC(=O)OC)C(C)C. The van der Waals surface area contributed by atoms with Gasteiger partial charge in [0.25, 0.3) is 0 Å². The number of nitrogens with one attached hydrogen (secondary N) is 1. The van der Waals surface area contributed by atoms with Gasteiger partial charge < -0.3 is 10.1 Å². The van der Waals surface area contributed by atoms with Crippen molar-refractivity contribution in [1.29, 1.82) is 0 Å². The van der Waals surface area contributed by atoms with Crippen molar-refractivity contribution in [2.24, 2.45) is 5.92 Å². The quantitative estimate of drug-likeness (QED) is 0.616. The molecule has 0 saturated carbocycles. The highest BCUT2D eigenvalue weighted by Gasteiger charge is 2.14. The van der Waals surface area contributed by atoms with Crippen molar-refractivity contribution in [2.75, 3.05) is 14.2 Å². The highest BCUT2D eigenvalue weighted by atomic mass is 16.5. The second-order valence-corrected chi connectivity index (χ2v) is 2.92. The summed E-state index contributed by atoms with van der Waals surface area (Å²) in [6.45, 7) is 4.15. The minimum Gasteiger partial charge on any atom is -0.469 e. The third kappa shape index (κ3) is 3.98. The first-order valence-electron chi connectivity index (χ1n) is 3.86. The van der Waals surface area contributed by atoms with Crippen LogP contribution >= 0.6 is 0 Å². The smallest absolute Gasteiger partial charge is 0.307 e. The Bertz CT molecular complexity index is 123. The van der Waals surface area contributed by atoms with E-state index in [0.717, 1.165) is 0 Å². The van der Waals surface area contributed by atoms with Crippen molar-refractivity contribution in [3.05, 3.63) is 0 Å². The molecule has 1 N–H and O–H groups in total. The van der Waals surface area contributed by atoms with Gasteiger partial charge in [0.15, 0.2) is 0 Å². The lowest BCUT2D eigenvalue weighted by atomic mass is 10.0. The zero-order valence-corrected chi connectivity index (χ0v) is 7.68. The monoisotopic (exact) mass is 159 g/mol. The number of carbonyl (C=O) groups excluding carboxylic acids is 1. The summed E-state index contributed by atoms with van der Waals surface area (Å²) < 4.78 is 4.55. The van der Waals surface area contributed by atoms with Crippen LogP contribution in [0, 0.1) is 5.92 Å². The molecule has 0 aliphatic carbocycles. The van der Waals surface area contributed by atoms with E-state index in [-0.39, 0.29) is 12.0 Å². The van der Waals surface area contributed by atoms with Crippen molar-refractivity contribution in [3.63, 3.8) is 0 Å². The molecular weight excluding hydrogens is 142 g/mol. The van der Waals surface area contributed by atoms with Crippen molar-refractivity contribution in [1.82, 2.24) is 5.32 Å². The Morgan fingerprint density at radius 1 is 1.55 bits per heavy atom. The Balaban J connectivity index is 3.78. The van der Waals surface area contributed by atoms with Crippen LogP contribution in [-0.4, -0.2) is 26.2 Å². The van der Waals surface area contributed by atoms with Crippen LogP contribution in [0.1, 0.15) is 20.3 Å². The molecule has 0 amide bonds. The molecule has 66 valence electrons. The van der Waals surface area contributed by atoms with Crippen molar-refractivity contribution in [2.45, 2.75) is 26.3 Å². The summed E-state index contributed by atoms with van der Waals surface area (Å²) in [6.07, 6.45) is 0.449. The van der Waals surface area contributed by atoms with E-state index >= 15 is 0 Å². The molecule has 0 bridgehead atoms. The number of rotatable bonds is 4. The molecule has 0 spiro atoms. The van der Waals surface area contributed by atoms with E-state index < -0.39 is 0 Å². The third-order valence-corrected chi connectivity index (χ3v) is 1.79. The predicted octanol–water partition coefficient (Wildman–Crippen LogP) is 0.793. The molecule has 0 aliphatic rings. The average molecular weight is 159 g/mol. The average Bonchev–Trinajstić information content (AvgIpc) is 1.99. The van der Waals surface area contributed by atoms with Crippen LogP contribution in [-0.2, 0) is 9.53 Å². The second kappa shape index (κ2) is 5.13. The maximum absolute atomic E-state index is 10.8. The summed E-state index contributed by atoms with van der Waals surface area (Å²) in [6, 6.07) is 0.224. The molecule has 1 unspecified atom stereocenters. The summed E-state index contributed by atoms with van der Waals surface area (Å²) in [5.74, 6) is 0.303. The van der Waals surface area contributed by atoms with Gasteiger partial charge in [0.05, 0.1) is 13.5 Å². The van der Waals surface area contributed by atoms with Gasteiger partial charge >= 0.3 is 5.97 Å². The fourth-order valence-corrected chi connectivity index (χ4v) is 0.934. The topological polar surface area (TPSA) is 38.3 Å². The molecular formula is C8H17NO2. The van der Waals surface area contributed by atoms with Crippen LogP contribution in [0.15, 0.2) is 0 Å². The highest BCUT2D eigenvalue weighted by Crippen LogP contribution is 2.05. The summed E-state index contributed by atoms with van der Waals surface area (Å²) in [7, 11) is 3.27. The molecule has 0 heterocycles. The third-order valence-electron chi connectivity index (χ3n) is 1.79. The maximum Gasteiger partial charge on any atom is 0.307 e. The Labute approximate surface area is 68.1 Å². The Morgan fingerprint density at radius 3 is 2.36 bits per heavy atom. The number of hydrogen-bond donors (Lipinski definition) is 1.